The maximum Gasteiger partial charge on any atom is 0.330 e. The molecule has 1 rings (SSSR count). The summed E-state index contributed by atoms with van der Waals surface area (Å²) in [4.78, 5) is 11.1. The lowest BCUT2D eigenvalue weighted by molar-refractivity contribution is 0.668. The first-order valence-corrected chi connectivity index (χ1v) is 3.39. The molecule has 1 aromatic heterocycles. The first-order valence-electron chi connectivity index (χ1n) is 3.01. The van der Waals surface area contributed by atoms with Crippen molar-refractivity contribution in [2.24, 2.45) is 14.1 Å². The number of nitrogens with zero attached hydrogens (tertiary/aromatic N) is 2. The summed E-state index contributed by atoms with van der Waals surface area (Å²) in [6.45, 7) is 0. The lowest BCUT2D eigenvalue weighted by Gasteiger charge is -2.03. The molecule has 11 heavy (non-hydrogen) atoms. The van der Waals surface area contributed by atoms with E-state index in [1.165, 1.54) is 22.2 Å². The third kappa shape index (κ3) is 1.21. The molecule has 0 aromatic carbocycles. The highest BCUT2D eigenvalue weighted by molar-refractivity contribution is 6.29. The minimum atomic E-state index is -0.289. The molecule has 0 spiro atoms. The molecule has 60 valence electrons. The van der Waals surface area contributed by atoms with Crippen molar-refractivity contribution >= 4 is 11.6 Å². The number of hydrogen-bond acceptors (Lipinski definition) is 2. The van der Waals surface area contributed by atoms with Crippen molar-refractivity contribution in [1.29, 1.82) is 5.41 Å². The quantitative estimate of drug-likeness (QED) is 0.546. The van der Waals surface area contributed by atoms with Gasteiger partial charge in [-0.25, -0.2) is 4.79 Å². The predicted molar refractivity (Wildman–Crippen MR) is 41.5 cm³/mol. The molecule has 1 heterocycles. The highest BCUT2D eigenvalue weighted by Gasteiger charge is 1.99. The van der Waals surface area contributed by atoms with Crippen molar-refractivity contribution in [3.05, 3.63) is 27.2 Å². The van der Waals surface area contributed by atoms with Crippen molar-refractivity contribution in [2.45, 2.75) is 0 Å². The fraction of sp³-hybridized carbons (Fsp3) is 0.333. The molecule has 0 unspecified atom stereocenters. The summed E-state index contributed by atoms with van der Waals surface area (Å²) < 4.78 is 2.49. The second kappa shape index (κ2) is 2.54. The van der Waals surface area contributed by atoms with E-state index in [-0.39, 0.29) is 16.3 Å². The van der Waals surface area contributed by atoms with Gasteiger partial charge >= 0.3 is 5.69 Å². The number of hydrogen-bond donors (Lipinski definition) is 1. The number of aromatic nitrogens is 2. The van der Waals surface area contributed by atoms with Crippen LogP contribution in [0.1, 0.15) is 0 Å². The number of nitrogens with one attached hydrogen (secondary N) is 1. The maximum absolute atomic E-state index is 11.1. The van der Waals surface area contributed by atoms with Crippen LogP contribution in [0, 0.1) is 5.41 Å². The molecule has 1 N–H and O–H groups in total. The lowest BCUT2D eigenvalue weighted by Crippen LogP contribution is -2.36. The topological polar surface area (TPSA) is 50.8 Å². The first kappa shape index (κ1) is 8.07. The van der Waals surface area contributed by atoms with Gasteiger partial charge in [-0.3, -0.25) is 14.5 Å². The van der Waals surface area contributed by atoms with E-state index in [2.05, 4.69) is 0 Å². The summed E-state index contributed by atoms with van der Waals surface area (Å²) in [5.74, 6) is 0. The molecule has 0 aliphatic carbocycles. The molecule has 1 aromatic rings. The largest absolute Gasteiger partial charge is 0.330 e. The van der Waals surface area contributed by atoms with Crippen LogP contribution in [0.3, 0.4) is 0 Å². The monoisotopic (exact) mass is 173 g/mol. The van der Waals surface area contributed by atoms with Gasteiger partial charge in [0.2, 0.25) is 0 Å². The Morgan fingerprint density at radius 1 is 1.45 bits per heavy atom. The molecule has 0 radical (unpaired) electrons. The Morgan fingerprint density at radius 2 is 2.00 bits per heavy atom. The summed E-state index contributed by atoms with van der Waals surface area (Å²) >= 11 is 5.62. The molecule has 0 saturated carbocycles. The summed E-state index contributed by atoms with van der Waals surface area (Å²) in [5, 5.41) is 7.54. The first-order chi connectivity index (χ1) is 5.04. The Kier molecular flexibility index (Phi) is 1.87. The normalized spacial score (nSPS) is 10.1. The summed E-state index contributed by atoms with van der Waals surface area (Å²) in [5.41, 5.74) is -0.180. The van der Waals surface area contributed by atoms with Gasteiger partial charge in [0.1, 0.15) is 10.6 Å². The fourth-order valence-electron chi connectivity index (χ4n) is 0.726. The van der Waals surface area contributed by atoms with E-state index in [1.54, 1.807) is 7.05 Å². The van der Waals surface area contributed by atoms with Gasteiger partial charge in [0.05, 0.1) is 0 Å². The van der Waals surface area contributed by atoms with E-state index >= 15 is 0 Å². The van der Waals surface area contributed by atoms with Crippen molar-refractivity contribution in [3.8, 4) is 0 Å². The zero-order chi connectivity index (χ0) is 8.59. The minimum Gasteiger partial charge on any atom is -0.287 e. The van der Waals surface area contributed by atoms with Crippen molar-refractivity contribution in [1.82, 2.24) is 9.13 Å². The van der Waals surface area contributed by atoms with Crippen LogP contribution in [0.15, 0.2) is 10.9 Å². The van der Waals surface area contributed by atoms with Crippen LogP contribution < -0.4 is 11.2 Å². The molecule has 0 fully saturated rings. The zero-order valence-corrected chi connectivity index (χ0v) is 7.01. The van der Waals surface area contributed by atoms with Gasteiger partial charge in [-0.2, -0.15) is 0 Å². The second-order valence-corrected chi connectivity index (χ2v) is 2.64. The van der Waals surface area contributed by atoms with E-state index in [4.69, 9.17) is 17.0 Å². The molecule has 0 bridgehead atoms. The molecular formula is C6H8ClN3O. The van der Waals surface area contributed by atoms with Gasteiger partial charge in [-0.05, 0) is 0 Å². The highest BCUT2D eigenvalue weighted by Crippen LogP contribution is 1.97. The third-order valence-electron chi connectivity index (χ3n) is 1.51. The summed E-state index contributed by atoms with van der Waals surface area (Å²) in [6.07, 6.45) is 0. The van der Waals surface area contributed by atoms with E-state index in [0.717, 1.165) is 0 Å². The standard InChI is InChI=1S/C6H8ClN3O/c1-9-4(7)3-5(8)10(2)6(9)11/h3,8H,1-2H3. The van der Waals surface area contributed by atoms with Gasteiger partial charge in [-0.15, -0.1) is 0 Å². The van der Waals surface area contributed by atoms with Gasteiger partial charge in [-0.1, -0.05) is 11.6 Å². The molecule has 0 amide bonds. The van der Waals surface area contributed by atoms with Crippen LogP contribution >= 0.6 is 11.6 Å². The molecule has 0 aliphatic heterocycles. The van der Waals surface area contributed by atoms with Gasteiger partial charge in [0.25, 0.3) is 0 Å². The Bertz CT molecular complexity index is 390. The van der Waals surface area contributed by atoms with Gasteiger partial charge < -0.3 is 0 Å². The number of rotatable bonds is 0. The smallest absolute Gasteiger partial charge is 0.287 e. The Hall–Kier alpha value is -1.03. The summed E-state index contributed by atoms with van der Waals surface area (Å²) in [7, 11) is 3.09. The predicted octanol–water partition coefficient (Wildman–Crippen LogP) is -0.143. The van der Waals surface area contributed by atoms with Gasteiger partial charge in [0.15, 0.2) is 0 Å². The maximum atomic E-state index is 11.1. The van der Waals surface area contributed by atoms with Crippen LogP contribution in [0.4, 0.5) is 0 Å². The van der Waals surface area contributed by atoms with Crippen LogP contribution in [0.2, 0.25) is 5.15 Å². The van der Waals surface area contributed by atoms with E-state index in [0.29, 0.717) is 0 Å². The van der Waals surface area contributed by atoms with Crippen molar-refractivity contribution < 1.29 is 0 Å². The lowest BCUT2D eigenvalue weighted by atomic mass is 10.6. The Morgan fingerprint density at radius 3 is 2.55 bits per heavy atom. The summed E-state index contributed by atoms with van der Waals surface area (Å²) in [6, 6.07) is 1.42. The fourth-order valence-corrected chi connectivity index (χ4v) is 0.902. The van der Waals surface area contributed by atoms with Crippen LogP contribution in [0.5, 0.6) is 0 Å². The van der Waals surface area contributed by atoms with Crippen LogP contribution in [-0.4, -0.2) is 9.13 Å². The van der Waals surface area contributed by atoms with Crippen LogP contribution in [-0.2, 0) is 14.1 Å². The molecule has 0 saturated heterocycles. The second-order valence-electron chi connectivity index (χ2n) is 2.25. The van der Waals surface area contributed by atoms with E-state index in [1.807, 2.05) is 0 Å². The molecule has 4 nitrogen and oxygen atoms in total. The Labute approximate surface area is 68.2 Å². The van der Waals surface area contributed by atoms with Crippen molar-refractivity contribution in [2.75, 3.05) is 0 Å². The third-order valence-corrected chi connectivity index (χ3v) is 1.87. The van der Waals surface area contributed by atoms with Gasteiger partial charge in [0, 0.05) is 20.2 Å². The molecule has 0 aliphatic rings. The number of halogens is 1. The Balaban J connectivity index is 3.74. The minimum absolute atomic E-state index is 0.109. The van der Waals surface area contributed by atoms with Crippen LogP contribution in [0.25, 0.3) is 0 Å². The molecular weight excluding hydrogens is 166 g/mol. The van der Waals surface area contributed by atoms with E-state index < -0.39 is 0 Å². The SMILES string of the molecule is Cn1c(Cl)cc(=N)n(C)c1=O. The molecule has 5 heteroatoms. The zero-order valence-electron chi connectivity index (χ0n) is 6.26. The van der Waals surface area contributed by atoms with E-state index in [9.17, 15) is 4.79 Å². The average molecular weight is 174 g/mol. The molecule has 0 atom stereocenters. The van der Waals surface area contributed by atoms with Crippen molar-refractivity contribution in [3.63, 3.8) is 0 Å². The average Bonchev–Trinajstić information content (AvgIpc) is 1.97. The highest BCUT2D eigenvalue weighted by atomic mass is 35.5.